The second-order valence-electron chi connectivity index (χ2n) is 12.2. The van der Waals surface area contributed by atoms with Crippen LogP contribution in [0, 0.1) is 11.8 Å². The van der Waals surface area contributed by atoms with Gasteiger partial charge in [-0.3, -0.25) is 34.2 Å². The molecule has 0 aliphatic carbocycles. The van der Waals surface area contributed by atoms with Gasteiger partial charge in [-0.25, -0.2) is 4.79 Å². The van der Waals surface area contributed by atoms with Gasteiger partial charge in [-0.05, 0) is 50.4 Å². The number of hydrogen-bond donors (Lipinski definition) is 12. The molecule has 19 N–H and O–H groups in total. The normalized spacial score (nSPS) is 15.0. The van der Waals surface area contributed by atoms with Crippen LogP contribution in [0.1, 0.15) is 79.1 Å². The van der Waals surface area contributed by atoms with Crippen LogP contribution in [0.15, 0.2) is 15.0 Å². The standard InChI is InChI=1S/C30H60N14O6/c1-5-16(3)21(44-26(48)22(17(4)6-2)43-23(45)18(31)10-7-13-38-28(32)33)25(47)41-19(11-8-14-39-29(34)35)24(46)42-20(27(49)50)12-9-15-40-30(36)37/h16-22H,5-15,31H2,1-4H3,(H,41,47)(H,42,46)(H,43,45)(H,44,48)(H,49,50)(H4,32,33,38)(H4,34,35,39)(H4,36,37,40)/t16-,17-,18-,19-,20-,21-,22-/m0/s1. The lowest BCUT2D eigenvalue weighted by molar-refractivity contribution is -0.142. The lowest BCUT2D eigenvalue weighted by Crippen LogP contribution is -2.60. The van der Waals surface area contributed by atoms with Gasteiger partial charge in [-0.1, -0.05) is 40.5 Å². The number of nitrogens with two attached hydrogens (primary N) is 7. The molecule has 0 bridgehead atoms. The molecule has 286 valence electrons. The maximum atomic E-state index is 13.8. The van der Waals surface area contributed by atoms with Crippen LogP contribution in [0.3, 0.4) is 0 Å². The number of guanidine groups is 3. The van der Waals surface area contributed by atoms with Gasteiger partial charge in [0.25, 0.3) is 0 Å². The number of nitrogens with zero attached hydrogens (tertiary/aromatic N) is 3. The molecule has 0 aromatic carbocycles. The molecular weight excluding hydrogens is 652 g/mol. The van der Waals surface area contributed by atoms with Crippen molar-refractivity contribution in [3.8, 4) is 0 Å². The van der Waals surface area contributed by atoms with Crippen LogP contribution >= 0.6 is 0 Å². The molecule has 0 aromatic heterocycles. The molecule has 0 aromatic rings. The van der Waals surface area contributed by atoms with Crippen molar-refractivity contribution in [2.75, 3.05) is 19.6 Å². The molecule has 0 rings (SSSR count). The third-order valence-corrected chi connectivity index (χ3v) is 8.03. The Morgan fingerprint density at radius 2 is 0.920 bits per heavy atom. The Hall–Kier alpha value is -4.88. The highest BCUT2D eigenvalue weighted by Gasteiger charge is 2.35. The first-order valence-corrected chi connectivity index (χ1v) is 16.8. The van der Waals surface area contributed by atoms with E-state index in [0.717, 1.165) is 0 Å². The summed E-state index contributed by atoms with van der Waals surface area (Å²) in [5, 5.41) is 20.3. The molecule has 0 spiro atoms. The summed E-state index contributed by atoms with van der Waals surface area (Å²) in [7, 11) is 0. The largest absolute Gasteiger partial charge is 0.480 e. The van der Waals surface area contributed by atoms with Gasteiger partial charge in [0.05, 0.1) is 6.04 Å². The minimum atomic E-state index is -1.29. The second kappa shape index (κ2) is 24.3. The van der Waals surface area contributed by atoms with Gasteiger partial charge < -0.3 is 66.5 Å². The van der Waals surface area contributed by atoms with E-state index in [2.05, 4.69) is 36.2 Å². The summed E-state index contributed by atoms with van der Waals surface area (Å²) in [6.45, 7) is 7.78. The smallest absolute Gasteiger partial charge is 0.326 e. The maximum absolute atomic E-state index is 13.8. The average molecular weight is 713 g/mol. The van der Waals surface area contributed by atoms with Gasteiger partial charge >= 0.3 is 5.97 Å². The van der Waals surface area contributed by atoms with Gasteiger partial charge in [0.2, 0.25) is 23.6 Å². The maximum Gasteiger partial charge on any atom is 0.326 e. The van der Waals surface area contributed by atoms with Crippen LogP contribution in [0.2, 0.25) is 0 Å². The van der Waals surface area contributed by atoms with E-state index in [9.17, 15) is 29.1 Å². The van der Waals surface area contributed by atoms with Crippen LogP contribution in [0.25, 0.3) is 0 Å². The fraction of sp³-hybridized carbons (Fsp3) is 0.733. The summed E-state index contributed by atoms with van der Waals surface area (Å²) in [4.78, 5) is 77.2. The van der Waals surface area contributed by atoms with Crippen molar-refractivity contribution < 1.29 is 29.1 Å². The SMILES string of the molecule is CC[C@H](C)[C@H](NC(=O)[C@@H](NC(=O)[C@@H](N)CCCN=C(N)N)[C@@H](C)CC)C(=O)N[C@@H](CCCN=C(N)N)C(=O)N[C@@H](CCCN=C(N)N)C(=O)O. The van der Waals surface area contributed by atoms with E-state index in [1.54, 1.807) is 13.8 Å². The molecule has 20 heteroatoms. The third kappa shape index (κ3) is 18.6. The zero-order valence-electron chi connectivity index (χ0n) is 29.7. The van der Waals surface area contributed by atoms with Crippen LogP contribution in [0.5, 0.6) is 0 Å². The fourth-order valence-electron chi connectivity index (χ4n) is 4.62. The molecule has 0 unspecified atom stereocenters. The number of nitrogens with one attached hydrogen (secondary N) is 4. The van der Waals surface area contributed by atoms with Crippen LogP contribution in [-0.2, 0) is 24.0 Å². The molecule has 0 saturated carbocycles. The lowest BCUT2D eigenvalue weighted by atomic mass is 9.94. The van der Waals surface area contributed by atoms with Gasteiger partial charge in [-0.15, -0.1) is 0 Å². The highest BCUT2D eigenvalue weighted by Crippen LogP contribution is 2.14. The highest BCUT2D eigenvalue weighted by molar-refractivity contribution is 5.95. The summed E-state index contributed by atoms with van der Waals surface area (Å²) >= 11 is 0. The second-order valence-corrected chi connectivity index (χ2v) is 12.2. The first kappa shape index (κ1) is 45.1. The Bertz CT molecular complexity index is 1180. The molecule has 4 amide bonds. The Labute approximate surface area is 293 Å². The summed E-state index contributed by atoms with van der Waals surface area (Å²) < 4.78 is 0. The van der Waals surface area contributed by atoms with Gasteiger partial charge in [0, 0.05) is 19.6 Å². The van der Waals surface area contributed by atoms with E-state index in [1.807, 2.05) is 13.8 Å². The monoisotopic (exact) mass is 712 g/mol. The summed E-state index contributed by atoms with van der Waals surface area (Å²) in [5.41, 5.74) is 38.1. The zero-order valence-corrected chi connectivity index (χ0v) is 29.7. The van der Waals surface area contributed by atoms with E-state index >= 15 is 0 Å². The number of carbonyl (C=O) groups excluding carboxylic acids is 4. The summed E-state index contributed by atoms with van der Waals surface area (Å²) in [6.07, 6.45) is 2.27. The Balaban J connectivity index is 6.02. The number of rotatable bonds is 25. The molecule has 20 nitrogen and oxygen atoms in total. The van der Waals surface area contributed by atoms with Crippen LogP contribution in [-0.4, -0.2) is 102 Å². The van der Waals surface area contributed by atoms with E-state index in [4.69, 9.17) is 40.1 Å². The predicted octanol–water partition coefficient (Wildman–Crippen LogP) is -3.41. The first-order valence-electron chi connectivity index (χ1n) is 16.8. The van der Waals surface area contributed by atoms with E-state index < -0.39 is 65.7 Å². The third-order valence-electron chi connectivity index (χ3n) is 8.03. The van der Waals surface area contributed by atoms with Crippen molar-refractivity contribution in [1.29, 1.82) is 0 Å². The van der Waals surface area contributed by atoms with Gasteiger partial charge in [-0.2, -0.15) is 0 Å². The topological polar surface area (TPSA) is 373 Å². The summed E-state index contributed by atoms with van der Waals surface area (Å²) in [6, 6.07) is -5.58. The molecule has 0 heterocycles. The van der Waals surface area contributed by atoms with Gasteiger partial charge in [0.15, 0.2) is 17.9 Å². The average Bonchev–Trinajstić information content (AvgIpc) is 3.05. The zero-order chi connectivity index (χ0) is 38.4. The van der Waals surface area contributed by atoms with E-state index in [-0.39, 0.29) is 75.5 Å². The minimum absolute atomic E-state index is 0.0146. The molecule has 0 aliphatic rings. The number of amides is 4. The number of carboxylic acids is 1. The molecular formula is C30H60N14O6. The highest BCUT2D eigenvalue weighted by atomic mass is 16.4. The van der Waals surface area contributed by atoms with Crippen LogP contribution in [0.4, 0.5) is 0 Å². The van der Waals surface area contributed by atoms with E-state index in [0.29, 0.717) is 19.3 Å². The Kier molecular flexibility index (Phi) is 21.9. The van der Waals surface area contributed by atoms with E-state index in [1.165, 1.54) is 0 Å². The predicted molar refractivity (Wildman–Crippen MR) is 192 cm³/mol. The van der Waals surface area contributed by atoms with Crippen molar-refractivity contribution in [3.05, 3.63) is 0 Å². The molecule has 0 radical (unpaired) electrons. The minimum Gasteiger partial charge on any atom is -0.480 e. The van der Waals surface area contributed by atoms with Gasteiger partial charge in [0.1, 0.15) is 24.2 Å². The van der Waals surface area contributed by atoms with Crippen molar-refractivity contribution in [3.63, 3.8) is 0 Å². The lowest BCUT2D eigenvalue weighted by Gasteiger charge is -2.30. The van der Waals surface area contributed by atoms with Crippen molar-refractivity contribution in [2.45, 2.75) is 109 Å². The number of aliphatic carboxylic acids is 1. The first-order chi connectivity index (χ1) is 23.4. The summed E-state index contributed by atoms with van der Waals surface area (Å²) in [5.74, 6) is -5.00. The molecule has 0 aliphatic heterocycles. The van der Waals surface area contributed by atoms with Crippen molar-refractivity contribution in [2.24, 2.45) is 66.9 Å². The molecule has 0 fully saturated rings. The Morgan fingerprint density at radius 3 is 1.32 bits per heavy atom. The number of carbonyl (C=O) groups is 5. The number of hydrogen-bond acceptors (Lipinski definition) is 9. The number of aliphatic imine (C=N–C) groups is 3. The number of carboxylic acid groups (broad SMARTS) is 1. The molecule has 50 heavy (non-hydrogen) atoms. The van der Waals surface area contributed by atoms with Crippen molar-refractivity contribution in [1.82, 2.24) is 21.3 Å². The van der Waals surface area contributed by atoms with Crippen molar-refractivity contribution >= 4 is 47.5 Å². The molecule has 0 saturated heterocycles. The van der Waals surface area contributed by atoms with Crippen LogP contribution < -0.4 is 61.4 Å². The fourth-order valence-corrected chi connectivity index (χ4v) is 4.62. The molecule has 7 atom stereocenters. The Morgan fingerprint density at radius 1 is 0.560 bits per heavy atom. The quantitative estimate of drug-likeness (QED) is 0.0250.